The summed E-state index contributed by atoms with van der Waals surface area (Å²) in [5, 5.41) is 0. The maximum absolute atomic E-state index is 12.2. The summed E-state index contributed by atoms with van der Waals surface area (Å²) in [6.07, 6.45) is 5.91. The van der Waals surface area contributed by atoms with Crippen LogP contribution in [-0.2, 0) is 0 Å². The SMILES string of the molecule is CN(CC1CCCCC1)C(=O)Oc1nc2ccc(Br)cc2[nH]1. The van der Waals surface area contributed by atoms with Crippen molar-refractivity contribution in [1.29, 1.82) is 0 Å². The number of aromatic amines is 1. The molecule has 1 fully saturated rings. The number of aromatic nitrogens is 2. The van der Waals surface area contributed by atoms with E-state index in [1.165, 1.54) is 32.1 Å². The van der Waals surface area contributed by atoms with Gasteiger partial charge in [-0.2, -0.15) is 4.98 Å². The molecule has 22 heavy (non-hydrogen) atoms. The van der Waals surface area contributed by atoms with E-state index < -0.39 is 0 Å². The van der Waals surface area contributed by atoms with Gasteiger partial charge in [0, 0.05) is 18.1 Å². The fraction of sp³-hybridized carbons (Fsp3) is 0.500. The van der Waals surface area contributed by atoms with E-state index in [1.807, 2.05) is 18.2 Å². The normalized spacial score (nSPS) is 15.9. The second-order valence-electron chi connectivity index (χ2n) is 5.96. The van der Waals surface area contributed by atoms with Gasteiger partial charge in [-0.3, -0.25) is 0 Å². The average molecular weight is 366 g/mol. The topological polar surface area (TPSA) is 58.2 Å². The zero-order valence-corrected chi connectivity index (χ0v) is 14.2. The van der Waals surface area contributed by atoms with Crippen LogP contribution in [0.5, 0.6) is 6.01 Å². The maximum atomic E-state index is 12.2. The fourth-order valence-corrected chi connectivity index (χ4v) is 3.36. The van der Waals surface area contributed by atoms with Crippen LogP contribution in [0.2, 0.25) is 0 Å². The molecule has 0 bridgehead atoms. The largest absolute Gasteiger partial charge is 0.417 e. The van der Waals surface area contributed by atoms with Gasteiger partial charge < -0.3 is 14.6 Å². The molecule has 1 N–H and O–H groups in total. The fourth-order valence-electron chi connectivity index (χ4n) is 3.00. The molecular weight excluding hydrogens is 346 g/mol. The van der Waals surface area contributed by atoms with Crippen LogP contribution in [0, 0.1) is 5.92 Å². The lowest BCUT2D eigenvalue weighted by Gasteiger charge is -2.26. The zero-order valence-electron chi connectivity index (χ0n) is 12.6. The van der Waals surface area contributed by atoms with E-state index in [0.717, 1.165) is 22.1 Å². The van der Waals surface area contributed by atoms with Crippen LogP contribution in [-0.4, -0.2) is 34.6 Å². The first kappa shape index (κ1) is 15.3. The molecule has 1 aromatic heterocycles. The van der Waals surface area contributed by atoms with Crippen molar-refractivity contribution in [2.75, 3.05) is 13.6 Å². The van der Waals surface area contributed by atoms with Crippen molar-refractivity contribution in [2.24, 2.45) is 5.92 Å². The van der Waals surface area contributed by atoms with Crippen molar-refractivity contribution in [3.63, 3.8) is 0 Å². The quantitative estimate of drug-likeness (QED) is 0.879. The number of hydrogen-bond acceptors (Lipinski definition) is 3. The Morgan fingerprint density at radius 3 is 2.95 bits per heavy atom. The molecule has 1 heterocycles. The smallest absolute Gasteiger partial charge is 0.375 e. The second kappa shape index (κ2) is 6.69. The van der Waals surface area contributed by atoms with E-state index >= 15 is 0 Å². The van der Waals surface area contributed by atoms with Gasteiger partial charge in [-0.15, -0.1) is 0 Å². The summed E-state index contributed by atoms with van der Waals surface area (Å²) in [6.45, 7) is 0.755. The van der Waals surface area contributed by atoms with Gasteiger partial charge >= 0.3 is 12.1 Å². The minimum absolute atomic E-state index is 0.244. The molecular formula is C16H20BrN3O2. The lowest BCUT2D eigenvalue weighted by Crippen LogP contribution is -2.34. The van der Waals surface area contributed by atoms with Crippen LogP contribution < -0.4 is 4.74 Å². The summed E-state index contributed by atoms with van der Waals surface area (Å²) in [4.78, 5) is 21.1. The van der Waals surface area contributed by atoms with Crippen LogP contribution in [0.4, 0.5) is 4.79 Å². The van der Waals surface area contributed by atoms with Gasteiger partial charge in [-0.25, -0.2) is 4.79 Å². The van der Waals surface area contributed by atoms with Crippen LogP contribution in [0.3, 0.4) is 0 Å². The first-order valence-electron chi connectivity index (χ1n) is 7.70. The van der Waals surface area contributed by atoms with Crippen molar-refractivity contribution in [3.8, 4) is 6.01 Å². The summed E-state index contributed by atoms with van der Waals surface area (Å²) in [7, 11) is 1.79. The van der Waals surface area contributed by atoms with Gasteiger partial charge in [0.25, 0.3) is 0 Å². The Hall–Kier alpha value is -1.56. The van der Waals surface area contributed by atoms with Gasteiger partial charge in [-0.1, -0.05) is 35.2 Å². The van der Waals surface area contributed by atoms with E-state index in [1.54, 1.807) is 11.9 Å². The van der Waals surface area contributed by atoms with Gasteiger partial charge in [0.1, 0.15) is 0 Å². The number of carbonyl (C=O) groups is 1. The minimum atomic E-state index is -0.358. The predicted molar refractivity (Wildman–Crippen MR) is 89.0 cm³/mol. The first-order valence-corrected chi connectivity index (χ1v) is 8.49. The number of rotatable bonds is 3. The molecule has 1 saturated carbocycles. The van der Waals surface area contributed by atoms with Crippen LogP contribution in [0.25, 0.3) is 11.0 Å². The van der Waals surface area contributed by atoms with Crippen molar-refractivity contribution in [2.45, 2.75) is 32.1 Å². The summed E-state index contributed by atoms with van der Waals surface area (Å²) in [6, 6.07) is 5.93. The standard InChI is InChI=1S/C16H20BrN3O2/c1-20(10-11-5-3-2-4-6-11)16(21)22-15-18-13-8-7-12(17)9-14(13)19-15/h7-9,11H,2-6,10H2,1H3,(H,18,19). The number of H-pyrrole nitrogens is 1. The number of carbonyl (C=O) groups excluding carboxylic acids is 1. The third kappa shape index (κ3) is 3.61. The molecule has 0 spiro atoms. The molecule has 0 radical (unpaired) electrons. The number of ether oxygens (including phenoxy) is 1. The van der Waals surface area contributed by atoms with Gasteiger partial charge in [0.05, 0.1) is 11.0 Å². The number of amides is 1. The monoisotopic (exact) mass is 365 g/mol. The van der Waals surface area contributed by atoms with Crippen LogP contribution in [0.15, 0.2) is 22.7 Å². The molecule has 0 atom stereocenters. The Labute approximate surface area is 138 Å². The van der Waals surface area contributed by atoms with Crippen molar-refractivity contribution in [3.05, 3.63) is 22.7 Å². The van der Waals surface area contributed by atoms with E-state index in [4.69, 9.17) is 4.74 Å². The Morgan fingerprint density at radius 1 is 1.41 bits per heavy atom. The van der Waals surface area contributed by atoms with Crippen LogP contribution >= 0.6 is 15.9 Å². The summed E-state index contributed by atoms with van der Waals surface area (Å²) >= 11 is 3.41. The molecule has 0 unspecified atom stereocenters. The van der Waals surface area contributed by atoms with Crippen LogP contribution in [0.1, 0.15) is 32.1 Å². The van der Waals surface area contributed by atoms with Gasteiger partial charge in [-0.05, 0) is 37.0 Å². The number of nitrogens with one attached hydrogen (secondary N) is 1. The number of fused-ring (bicyclic) bond motifs is 1. The van der Waals surface area contributed by atoms with Gasteiger partial charge in [0.2, 0.25) is 0 Å². The number of nitrogens with zero attached hydrogens (tertiary/aromatic N) is 2. The molecule has 3 rings (SSSR count). The van der Waals surface area contributed by atoms with E-state index in [2.05, 4.69) is 25.9 Å². The minimum Gasteiger partial charge on any atom is -0.375 e. The number of imidazole rings is 1. The molecule has 5 nitrogen and oxygen atoms in total. The Balaban J connectivity index is 1.61. The maximum Gasteiger partial charge on any atom is 0.417 e. The zero-order chi connectivity index (χ0) is 15.5. The van der Waals surface area contributed by atoms with Gasteiger partial charge in [0.15, 0.2) is 0 Å². The highest BCUT2D eigenvalue weighted by atomic mass is 79.9. The lowest BCUT2D eigenvalue weighted by atomic mass is 9.89. The Morgan fingerprint density at radius 2 is 2.18 bits per heavy atom. The van der Waals surface area contributed by atoms with E-state index in [0.29, 0.717) is 5.92 Å². The Bertz CT molecular complexity index is 664. The molecule has 118 valence electrons. The van der Waals surface area contributed by atoms with Crippen molar-refractivity contribution in [1.82, 2.24) is 14.9 Å². The average Bonchev–Trinajstić information content (AvgIpc) is 2.89. The highest BCUT2D eigenvalue weighted by molar-refractivity contribution is 9.10. The first-order chi connectivity index (χ1) is 10.6. The number of halogens is 1. The highest BCUT2D eigenvalue weighted by Crippen LogP contribution is 2.24. The van der Waals surface area contributed by atoms with Crippen molar-refractivity contribution >= 4 is 33.1 Å². The highest BCUT2D eigenvalue weighted by Gasteiger charge is 2.20. The molecule has 6 heteroatoms. The number of benzene rings is 1. The molecule has 1 amide bonds. The molecule has 2 aromatic rings. The number of hydrogen-bond donors (Lipinski definition) is 1. The third-order valence-corrected chi connectivity index (χ3v) is 4.67. The lowest BCUT2D eigenvalue weighted by molar-refractivity contribution is 0.147. The second-order valence-corrected chi connectivity index (χ2v) is 6.87. The molecule has 0 aliphatic heterocycles. The Kier molecular flexibility index (Phi) is 4.66. The summed E-state index contributed by atoms with van der Waals surface area (Å²) in [5.74, 6) is 0.595. The summed E-state index contributed by atoms with van der Waals surface area (Å²) in [5.41, 5.74) is 1.62. The molecule has 1 aliphatic rings. The summed E-state index contributed by atoms with van der Waals surface area (Å²) < 4.78 is 6.30. The molecule has 1 aromatic carbocycles. The van der Waals surface area contributed by atoms with E-state index in [-0.39, 0.29) is 12.1 Å². The third-order valence-electron chi connectivity index (χ3n) is 4.17. The molecule has 0 saturated heterocycles. The van der Waals surface area contributed by atoms with Crippen molar-refractivity contribution < 1.29 is 9.53 Å². The predicted octanol–water partition coefficient (Wildman–Crippen LogP) is 4.34. The van der Waals surface area contributed by atoms with E-state index in [9.17, 15) is 4.79 Å². The molecule has 1 aliphatic carbocycles.